The van der Waals surface area contributed by atoms with Crippen LogP contribution in [-0.4, -0.2) is 6.61 Å². The molecule has 9 rings (SSSR count). The normalized spacial score (nSPS) is 29.9. The molecule has 1 heterocycles. The largest absolute Gasteiger partial charge is 0.489 e. The van der Waals surface area contributed by atoms with Gasteiger partial charge in [-0.3, -0.25) is 0 Å². The molecule has 4 unspecified atom stereocenters. The lowest BCUT2D eigenvalue weighted by molar-refractivity contribution is 0.340. The average Bonchev–Trinajstić information content (AvgIpc) is 3.10. The molecule has 2 heteroatoms. The van der Waals surface area contributed by atoms with Crippen molar-refractivity contribution in [1.29, 1.82) is 0 Å². The average molecular weight is 589 g/mol. The Morgan fingerprint density at radius 3 is 2.47 bits per heavy atom. The maximum Gasteiger partial charge on any atom is 0.147 e. The van der Waals surface area contributed by atoms with E-state index in [0.717, 1.165) is 36.0 Å². The van der Waals surface area contributed by atoms with Gasteiger partial charge in [-0.25, -0.2) is 4.39 Å². The number of ether oxygens (including phenoxy) is 1. The summed E-state index contributed by atoms with van der Waals surface area (Å²) in [5, 5.41) is 0. The molecular weight excluding hydrogens is 551 g/mol. The minimum absolute atomic E-state index is 0.219. The van der Waals surface area contributed by atoms with Gasteiger partial charge >= 0.3 is 0 Å². The number of hydrogen-bond donors (Lipinski definition) is 0. The number of rotatable bonds is 3. The zero-order chi connectivity index (χ0) is 30.1. The van der Waals surface area contributed by atoms with E-state index in [4.69, 9.17) is 4.74 Å². The summed E-state index contributed by atoms with van der Waals surface area (Å²) in [6, 6.07) is 24.1. The summed E-state index contributed by atoms with van der Waals surface area (Å²) in [5.74, 6) is 1.30. The van der Waals surface area contributed by atoms with E-state index in [1.165, 1.54) is 46.3 Å². The summed E-state index contributed by atoms with van der Waals surface area (Å²) in [5.41, 5.74) is 15.2. The summed E-state index contributed by atoms with van der Waals surface area (Å²) in [6.07, 6.45) is 22.4. The molecule has 0 aromatic heterocycles. The van der Waals surface area contributed by atoms with Gasteiger partial charge < -0.3 is 4.74 Å². The summed E-state index contributed by atoms with van der Waals surface area (Å²) < 4.78 is 21.5. The minimum Gasteiger partial charge on any atom is -0.489 e. The van der Waals surface area contributed by atoms with E-state index >= 15 is 4.39 Å². The second kappa shape index (κ2) is 10.3. The van der Waals surface area contributed by atoms with Gasteiger partial charge in [-0.05, 0) is 106 Å². The van der Waals surface area contributed by atoms with E-state index in [2.05, 4.69) is 98.0 Å². The lowest BCUT2D eigenvalue weighted by Crippen LogP contribution is -2.39. The molecule has 0 spiro atoms. The fourth-order valence-corrected chi connectivity index (χ4v) is 8.60. The van der Waals surface area contributed by atoms with Crippen LogP contribution in [0.2, 0.25) is 0 Å². The fraction of sp³-hybridized carbons (Fsp3) is 0.256. The van der Waals surface area contributed by atoms with Gasteiger partial charge in [0.05, 0.1) is 0 Å². The molecule has 45 heavy (non-hydrogen) atoms. The highest BCUT2D eigenvalue weighted by Crippen LogP contribution is 2.56. The first-order valence-electron chi connectivity index (χ1n) is 16.6. The van der Waals surface area contributed by atoms with Gasteiger partial charge in [0.15, 0.2) is 0 Å². The Morgan fingerprint density at radius 2 is 1.67 bits per heavy atom. The predicted molar refractivity (Wildman–Crippen MR) is 182 cm³/mol. The second-order valence-electron chi connectivity index (χ2n) is 13.6. The SMILES string of the molecule is CC1(c2ccc(-c3ccc4c(c3)OC/C=C3/CC/C3=C/C4F)cc2)c2ccccc2C(C2C=CC3=C(CC3)C2)=C2C=CC=CC21. The van der Waals surface area contributed by atoms with Gasteiger partial charge in [-0.1, -0.05) is 110 Å². The van der Waals surface area contributed by atoms with Crippen molar-refractivity contribution in [2.45, 2.75) is 50.6 Å². The second-order valence-corrected chi connectivity index (χ2v) is 13.6. The Hall–Kier alpha value is -4.43. The number of hydrogen-bond acceptors (Lipinski definition) is 1. The van der Waals surface area contributed by atoms with Crippen molar-refractivity contribution in [2.24, 2.45) is 11.8 Å². The molecule has 5 aliphatic carbocycles. The van der Waals surface area contributed by atoms with Crippen LogP contribution in [0.25, 0.3) is 16.7 Å². The molecule has 4 atom stereocenters. The molecule has 1 saturated carbocycles. The zero-order valence-electron chi connectivity index (χ0n) is 25.7. The molecule has 3 aromatic rings. The van der Waals surface area contributed by atoms with Crippen molar-refractivity contribution in [3.8, 4) is 16.9 Å². The monoisotopic (exact) mass is 588 g/mol. The summed E-state index contributed by atoms with van der Waals surface area (Å²) in [7, 11) is 0. The Labute approximate surface area is 265 Å². The van der Waals surface area contributed by atoms with Gasteiger partial charge in [-0.2, -0.15) is 0 Å². The van der Waals surface area contributed by atoms with Crippen molar-refractivity contribution < 1.29 is 9.13 Å². The van der Waals surface area contributed by atoms with Crippen LogP contribution < -0.4 is 4.74 Å². The molecule has 6 aliphatic rings. The van der Waals surface area contributed by atoms with Crippen LogP contribution in [0.5, 0.6) is 5.75 Å². The number of fused-ring (bicyclic) bond motifs is 4. The van der Waals surface area contributed by atoms with Gasteiger partial charge in [0.2, 0.25) is 0 Å². The minimum atomic E-state index is -1.15. The first-order chi connectivity index (χ1) is 22.1. The number of benzene rings is 3. The molecule has 1 aliphatic heterocycles. The van der Waals surface area contributed by atoms with Gasteiger partial charge in [0, 0.05) is 22.8 Å². The van der Waals surface area contributed by atoms with Crippen LogP contribution >= 0.6 is 0 Å². The Morgan fingerprint density at radius 1 is 0.822 bits per heavy atom. The van der Waals surface area contributed by atoms with Crippen LogP contribution in [-0.2, 0) is 5.41 Å². The molecule has 1 nitrogen and oxygen atoms in total. The first kappa shape index (κ1) is 26.9. The summed E-state index contributed by atoms with van der Waals surface area (Å²) in [4.78, 5) is 0. The van der Waals surface area contributed by atoms with E-state index in [-0.39, 0.29) is 11.3 Å². The smallest absolute Gasteiger partial charge is 0.147 e. The van der Waals surface area contributed by atoms with Gasteiger partial charge in [0.1, 0.15) is 18.5 Å². The van der Waals surface area contributed by atoms with E-state index in [0.29, 0.717) is 23.8 Å². The van der Waals surface area contributed by atoms with Crippen molar-refractivity contribution in [3.63, 3.8) is 0 Å². The van der Waals surface area contributed by atoms with Crippen LogP contribution in [0, 0.1) is 11.8 Å². The van der Waals surface area contributed by atoms with Crippen LogP contribution in [0.4, 0.5) is 4.39 Å². The van der Waals surface area contributed by atoms with E-state index in [9.17, 15) is 0 Å². The predicted octanol–water partition coefficient (Wildman–Crippen LogP) is 10.9. The summed E-state index contributed by atoms with van der Waals surface area (Å²) in [6.45, 7) is 2.90. The zero-order valence-corrected chi connectivity index (χ0v) is 25.7. The molecule has 0 bridgehead atoms. The molecule has 1 fully saturated rings. The topological polar surface area (TPSA) is 9.23 Å². The highest BCUT2D eigenvalue weighted by molar-refractivity contribution is 5.83. The standard InChI is InChI=1S/C43H37FO/c1-43(34-19-16-28(17-20-34)32-18-21-37-40(44)25-31-14-11-29(31)22-23-45-41(37)26-32)38-8-4-2-6-35(38)42(36-7-3-5-9-39(36)43)33-15-12-27-10-13-30(27)24-33/h2-9,12,15-22,25-26,33,38,40H,10-11,13-14,23-24H2,1H3/b29-22-,31-25-. The van der Waals surface area contributed by atoms with Crippen LogP contribution in [0.3, 0.4) is 0 Å². The molecule has 0 radical (unpaired) electrons. The van der Waals surface area contributed by atoms with Crippen LogP contribution in [0.1, 0.15) is 67.5 Å². The van der Waals surface area contributed by atoms with Gasteiger partial charge in [-0.15, -0.1) is 0 Å². The quantitative estimate of drug-likeness (QED) is 0.296. The van der Waals surface area contributed by atoms with Crippen molar-refractivity contribution in [1.82, 2.24) is 0 Å². The lowest BCUT2D eigenvalue weighted by atomic mass is 9.56. The fourth-order valence-electron chi connectivity index (χ4n) is 8.60. The third kappa shape index (κ3) is 4.18. The third-order valence-electron chi connectivity index (χ3n) is 11.4. The Kier molecular flexibility index (Phi) is 6.17. The Bertz CT molecular complexity index is 1960. The van der Waals surface area contributed by atoms with Crippen molar-refractivity contribution >= 4 is 5.57 Å². The lowest BCUT2D eigenvalue weighted by Gasteiger charge is -2.46. The molecule has 222 valence electrons. The maximum atomic E-state index is 15.3. The van der Waals surface area contributed by atoms with Gasteiger partial charge in [0.25, 0.3) is 0 Å². The summed E-state index contributed by atoms with van der Waals surface area (Å²) >= 11 is 0. The maximum absolute atomic E-state index is 15.3. The molecule has 0 N–H and O–H groups in total. The first-order valence-corrected chi connectivity index (χ1v) is 16.6. The van der Waals surface area contributed by atoms with Crippen molar-refractivity contribution in [3.05, 3.63) is 165 Å². The Balaban J connectivity index is 1.09. The molecule has 3 aromatic carbocycles. The third-order valence-corrected chi connectivity index (χ3v) is 11.4. The van der Waals surface area contributed by atoms with E-state index in [1.54, 1.807) is 17.2 Å². The van der Waals surface area contributed by atoms with Crippen molar-refractivity contribution in [2.75, 3.05) is 6.61 Å². The highest BCUT2D eigenvalue weighted by atomic mass is 19.1. The number of allylic oxidation sites excluding steroid dienone is 13. The van der Waals surface area contributed by atoms with E-state index < -0.39 is 6.17 Å². The van der Waals surface area contributed by atoms with Crippen LogP contribution in [0.15, 0.2) is 143 Å². The van der Waals surface area contributed by atoms with E-state index in [1.807, 2.05) is 18.2 Å². The molecule has 0 amide bonds. The highest BCUT2D eigenvalue weighted by Gasteiger charge is 2.45. The molecular formula is C43H37FO. The molecule has 0 saturated heterocycles. The number of alkyl halides is 1. The number of halogens is 1.